The molecule has 0 aliphatic rings. The van der Waals surface area contributed by atoms with Gasteiger partial charge >= 0.3 is 8.56 Å². The Morgan fingerprint density at radius 2 is 0.565 bits per heavy atom. The average Bonchev–Trinajstić information content (AvgIpc) is 3.05. The summed E-state index contributed by atoms with van der Waals surface area (Å²) in [5.74, 6) is 0. The summed E-state index contributed by atoms with van der Waals surface area (Å²) in [5, 5.41) is 0. The quantitative estimate of drug-likeness (QED) is 0.0671. The number of hydrogen-bond acceptors (Lipinski definition) is 14. The van der Waals surface area contributed by atoms with Crippen molar-refractivity contribution in [2.45, 2.75) is 32.1 Å². The highest BCUT2D eigenvalue weighted by molar-refractivity contribution is 6.74. The molecule has 0 unspecified atom stereocenters. The minimum atomic E-state index is -2.02. The molecule has 0 aliphatic carbocycles. The van der Waals surface area contributed by atoms with Crippen LogP contribution in [0.1, 0.15) is 6.42 Å². The third kappa shape index (κ3) is 36.9. The lowest BCUT2D eigenvalue weighted by Crippen LogP contribution is -2.40. The third-order valence-corrected chi connectivity index (χ3v) is 12.1. The van der Waals surface area contributed by atoms with Crippen LogP contribution in [0, 0.1) is 0 Å². The van der Waals surface area contributed by atoms with Crippen molar-refractivity contribution in [3.63, 3.8) is 0 Å². The lowest BCUT2D eigenvalue weighted by molar-refractivity contribution is -0.0280. The Labute approximate surface area is 284 Å². The summed E-state index contributed by atoms with van der Waals surface area (Å²) in [4.78, 5) is 0. The van der Waals surface area contributed by atoms with Crippen LogP contribution in [0.25, 0.3) is 0 Å². The van der Waals surface area contributed by atoms with Gasteiger partial charge in [-0.3, -0.25) is 0 Å². The molecule has 0 N–H and O–H groups in total. The third-order valence-electron chi connectivity index (χ3n) is 5.71. The Bertz CT molecular complexity index is 569. The molecule has 0 saturated carbocycles. The predicted octanol–water partition coefficient (Wildman–Crippen LogP) is 1.65. The van der Waals surface area contributed by atoms with Crippen molar-refractivity contribution in [3.8, 4) is 0 Å². The molecule has 0 saturated heterocycles. The van der Waals surface area contributed by atoms with Gasteiger partial charge in [0.15, 0.2) is 0 Å². The van der Waals surface area contributed by atoms with E-state index < -0.39 is 8.56 Å². The molecule has 4 radical (unpaired) electrons. The van der Waals surface area contributed by atoms with Gasteiger partial charge < -0.3 is 65.1 Å². The van der Waals surface area contributed by atoms with Crippen molar-refractivity contribution in [2.75, 3.05) is 159 Å². The molecular weight excluding hydrogens is 657 g/mol. The molecule has 0 aliphatic heterocycles. The topological polar surface area (TPSA) is 129 Å². The van der Waals surface area contributed by atoms with E-state index in [2.05, 4.69) is 6.55 Å². The lowest BCUT2D eigenvalue weighted by atomic mass is 10.5. The molecule has 0 aromatic carbocycles. The van der Waals surface area contributed by atoms with Gasteiger partial charge in [-0.25, -0.2) is 0 Å². The number of ether oxygens (including phenoxy) is 12. The molecular formula is C29H62O14Si3. The van der Waals surface area contributed by atoms with E-state index in [0.29, 0.717) is 171 Å². The van der Waals surface area contributed by atoms with Crippen molar-refractivity contribution in [1.82, 2.24) is 0 Å². The molecule has 17 heteroatoms. The van der Waals surface area contributed by atoms with Gasteiger partial charge in [-0.1, -0.05) is 0 Å². The zero-order valence-electron chi connectivity index (χ0n) is 28.9. The van der Waals surface area contributed by atoms with E-state index in [4.69, 9.17) is 65.1 Å². The van der Waals surface area contributed by atoms with Crippen molar-refractivity contribution in [1.29, 1.82) is 0 Å². The van der Waals surface area contributed by atoms with Crippen LogP contribution in [0.4, 0.5) is 0 Å². The maximum atomic E-state index is 5.87. The Balaban J connectivity index is 3.13. The molecule has 0 amide bonds. The number of rotatable bonds is 41. The van der Waals surface area contributed by atoms with Crippen LogP contribution in [0.15, 0.2) is 0 Å². The van der Waals surface area contributed by atoms with Gasteiger partial charge in [0.25, 0.3) is 0 Å². The maximum Gasteiger partial charge on any atom is 0.314 e. The molecule has 0 bridgehead atoms. The summed E-state index contributed by atoms with van der Waals surface area (Å²) < 4.78 is 76.9. The summed E-state index contributed by atoms with van der Waals surface area (Å²) in [6.45, 7) is 18.6. The largest absolute Gasteiger partial charge is 0.436 e. The first-order valence-corrected chi connectivity index (χ1v) is 21.6. The molecule has 46 heavy (non-hydrogen) atoms. The van der Waals surface area contributed by atoms with Crippen molar-refractivity contribution in [2.24, 2.45) is 0 Å². The molecule has 0 rings (SSSR count). The molecule has 14 nitrogen and oxygen atoms in total. The molecule has 0 fully saturated rings. The first-order chi connectivity index (χ1) is 22.7. The molecule has 0 atom stereocenters. The number of methoxy groups -OCH3 is 1. The Kier molecular flexibility index (Phi) is 39.6. The lowest BCUT2D eigenvalue weighted by Gasteiger charge is -2.26. The first kappa shape index (κ1) is 46.1. The summed E-state index contributed by atoms with van der Waals surface area (Å²) in [7, 11) is 0.565. The average molecular weight is 719 g/mol. The van der Waals surface area contributed by atoms with E-state index in [0.717, 1.165) is 12.5 Å². The van der Waals surface area contributed by atoms with E-state index in [1.807, 2.05) is 13.1 Å². The fraction of sp³-hybridized carbons (Fsp3) is 1.00. The Morgan fingerprint density at radius 1 is 0.348 bits per heavy atom. The van der Waals surface area contributed by atoms with Gasteiger partial charge in [0.2, 0.25) is 19.5 Å². The fourth-order valence-corrected chi connectivity index (χ4v) is 9.09. The maximum absolute atomic E-state index is 5.87. The zero-order chi connectivity index (χ0) is 33.5. The highest BCUT2D eigenvalue weighted by Gasteiger charge is 2.29. The van der Waals surface area contributed by atoms with Gasteiger partial charge in [-0.2, -0.15) is 0 Å². The Hall–Kier alpha value is 0.0906. The van der Waals surface area contributed by atoms with E-state index in [-0.39, 0.29) is 0 Å². The normalized spacial score (nSPS) is 12.0. The van der Waals surface area contributed by atoms with Crippen LogP contribution in [-0.2, 0) is 65.1 Å². The van der Waals surface area contributed by atoms with Crippen LogP contribution in [-0.4, -0.2) is 187 Å². The highest BCUT2D eigenvalue weighted by Crippen LogP contribution is 2.14. The van der Waals surface area contributed by atoms with E-state index in [9.17, 15) is 0 Å². The highest BCUT2D eigenvalue weighted by atomic mass is 28.4. The van der Waals surface area contributed by atoms with Crippen molar-refractivity contribution in [3.05, 3.63) is 0 Å². The summed E-state index contributed by atoms with van der Waals surface area (Å²) in [6.07, 6.45) is 0.941. The van der Waals surface area contributed by atoms with E-state index >= 15 is 0 Å². The molecule has 0 heterocycles. The standard InChI is InChI=1S/C29H62O14Si3/c1-30-7-8-32-11-12-34-15-16-36-19-20-38-23-24-40-27-28-41-26-25-39-22-21-37-18-17-35-14-13-33-10-9-31-6-5-29-46(4,42-44-2)43-45-3/h5-29H2,1-4H3. The monoisotopic (exact) mass is 718 g/mol. The van der Waals surface area contributed by atoms with Gasteiger partial charge in [0.05, 0.1) is 145 Å². The summed E-state index contributed by atoms with van der Waals surface area (Å²) in [5.41, 5.74) is 0. The summed E-state index contributed by atoms with van der Waals surface area (Å²) >= 11 is 0. The Morgan fingerprint density at radius 3 is 0.783 bits per heavy atom. The molecule has 0 aromatic heterocycles. The summed E-state index contributed by atoms with van der Waals surface area (Å²) in [6, 6.07) is 0.949. The second kappa shape index (κ2) is 39.5. The van der Waals surface area contributed by atoms with E-state index in [1.54, 1.807) is 7.11 Å². The van der Waals surface area contributed by atoms with Gasteiger partial charge in [-0.15, -0.1) is 0 Å². The van der Waals surface area contributed by atoms with Crippen LogP contribution in [0.2, 0.25) is 25.7 Å². The molecule has 0 aromatic rings. The second-order valence-corrected chi connectivity index (χ2v) is 14.8. The predicted molar refractivity (Wildman–Crippen MR) is 177 cm³/mol. The van der Waals surface area contributed by atoms with Crippen LogP contribution >= 0.6 is 0 Å². The van der Waals surface area contributed by atoms with Gasteiger partial charge in [0.1, 0.15) is 0 Å². The van der Waals surface area contributed by atoms with Gasteiger partial charge in [-0.05, 0) is 32.1 Å². The zero-order valence-corrected chi connectivity index (χ0v) is 31.9. The molecule has 274 valence electrons. The second-order valence-electron chi connectivity index (χ2n) is 9.58. The molecule has 0 spiro atoms. The van der Waals surface area contributed by atoms with Crippen LogP contribution < -0.4 is 0 Å². The van der Waals surface area contributed by atoms with Crippen LogP contribution in [0.3, 0.4) is 0 Å². The fourth-order valence-electron chi connectivity index (χ4n) is 3.49. The van der Waals surface area contributed by atoms with E-state index in [1.165, 1.54) is 0 Å². The number of hydrogen-bond donors (Lipinski definition) is 0. The van der Waals surface area contributed by atoms with Crippen molar-refractivity contribution < 1.29 is 65.1 Å². The minimum absolute atomic E-state index is 0.467. The van der Waals surface area contributed by atoms with Crippen molar-refractivity contribution >= 4 is 28.1 Å². The SMILES string of the molecule is COCCOCCOCCOCCOCCOCCOCCOCCOCCOCCOCCOCCC[Si](C)(O[Si]C)O[Si]C. The van der Waals surface area contributed by atoms with Gasteiger partial charge in [0, 0.05) is 13.7 Å². The minimum Gasteiger partial charge on any atom is -0.436 e. The first-order valence-electron chi connectivity index (χ1n) is 16.2. The van der Waals surface area contributed by atoms with Crippen LogP contribution in [0.5, 0.6) is 0 Å². The smallest absolute Gasteiger partial charge is 0.314 e.